The molecule has 4 nitrogen and oxygen atoms in total. The number of rotatable bonds is 2. The summed E-state index contributed by atoms with van der Waals surface area (Å²) in [6.07, 6.45) is 3.52. The molecule has 0 N–H and O–H groups in total. The monoisotopic (exact) mass is 308 g/mol. The standard InChI is InChI=1S/C17H16N4S/c1-10(2)16-20-21-14(9-18)15(19-17(21)22-16)13-7-6-11-4-3-5-12(11)8-13/h6-8,10H,3-5H2,1-2H3. The van der Waals surface area contributed by atoms with Gasteiger partial charge < -0.3 is 0 Å². The third-order valence-electron chi connectivity index (χ3n) is 4.19. The van der Waals surface area contributed by atoms with Gasteiger partial charge in [-0.15, -0.1) is 0 Å². The zero-order valence-electron chi connectivity index (χ0n) is 12.6. The summed E-state index contributed by atoms with van der Waals surface area (Å²) >= 11 is 1.57. The highest BCUT2D eigenvalue weighted by Gasteiger charge is 2.20. The lowest BCUT2D eigenvalue weighted by atomic mass is 10.0. The van der Waals surface area contributed by atoms with Gasteiger partial charge in [-0.1, -0.05) is 37.3 Å². The van der Waals surface area contributed by atoms with Crippen LogP contribution in [0.4, 0.5) is 0 Å². The number of hydrogen-bond donors (Lipinski definition) is 0. The number of benzene rings is 1. The molecule has 110 valence electrons. The molecule has 0 spiro atoms. The van der Waals surface area contributed by atoms with E-state index in [1.807, 2.05) is 0 Å². The van der Waals surface area contributed by atoms with E-state index in [1.165, 1.54) is 17.5 Å². The predicted octanol–water partition coefficient (Wildman–Crippen LogP) is 3.94. The second-order valence-electron chi connectivity index (χ2n) is 6.05. The van der Waals surface area contributed by atoms with E-state index in [4.69, 9.17) is 0 Å². The maximum Gasteiger partial charge on any atom is 0.214 e. The van der Waals surface area contributed by atoms with Gasteiger partial charge >= 0.3 is 0 Å². The van der Waals surface area contributed by atoms with E-state index in [1.54, 1.807) is 15.9 Å². The summed E-state index contributed by atoms with van der Waals surface area (Å²) < 4.78 is 1.70. The highest BCUT2D eigenvalue weighted by molar-refractivity contribution is 7.16. The highest BCUT2D eigenvalue weighted by atomic mass is 32.1. The fourth-order valence-electron chi connectivity index (χ4n) is 3.02. The predicted molar refractivity (Wildman–Crippen MR) is 87.1 cm³/mol. The number of aromatic nitrogens is 3. The van der Waals surface area contributed by atoms with Crippen LogP contribution in [0, 0.1) is 11.3 Å². The maximum absolute atomic E-state index is 9.56. The van der Waals surface area contributed by atoms with Crippen LogP contribution >= 0.6 is 11.3 Å². The van der Waals surface area contributed by atoms with Crippen LogP contribution < -0.4 is 0 Å². The first-order valence-electron chi connectivity index (χ1n) is 7.59. The van der Waals surface area contributed by atoms with Gasteiger partial charge in [-0.3, -0.25) is 0 Å². The van der Waals surface area contributed by atoms with Gasteiger partial charge in [0.25, 0.3) is 0 Å². The van der Waals surface area contributed by atoms with Crippen molar-refractivity contribution < 1.29 is 0 Å². The summed E-state index contributed by atoms with van der Waals surface area (Å²) in [5, 5.41) is 15.1. The van der Waals surface area contributed by atoms with E-state index in [0.717, 1.165) is 34.1 Å². The number of aryl methyl sites for hydroxylation is 2. The Balaban J connectivity index is 1.88. The van der Waals surface area contributed by atoms with Crippen molar-refractivity contribution in [2.24, 2.45) is 0 Å². The number of nitriles is 1. The van der Waals surface area contributed by atoms with E-state index in [9.17, 15) is 5.26 Å². The van der Waals surface area contributed by atoms with Crippen LogP contribution in [-0.2, 0) is 12.8 Å². The average Bonchev–Trinajstić information content (AvgIpc) is 3.19. The van der Waals surface area contributed by atoms with Crippen LogP contribution in [-0.4, -0.2) is 14.6 Å². The topological polar surface area (TPSA) is 54.0 Å². The van der Waals surface area contributed by atoms with Crippen LogP contribution in [0.5, 0.6) is 0 Å². The molecule has 2 heterocycles. The SMILES string of the molecule is CC(C)c1nn2c(C#N)c(-c3ccc4c(c3)CCC4)nc2s1. The number of hydrogen-bond acceptors (Lipinski definition) is 4. The van der Waals surface area contributed by atoms with Crippen molar-refractivity contribution in [3.63, 3.8) is 0 Å². The Kier molecular flexibility index (Phi) is 3.02. The summed E-state index contributed by atoms with van der Waals surface area (Å²) in [5.41, 5.74) is 5.15. The lowest BCUT2D eigenvalue weighted by Gasteiger charge is -2.03. The summed E-state index contributed by atoms with van der Waals surface area (Å²) in [6, 6.07) is 8.74. The minimum Gasteiger partial charge on any atom is -0.216 e. The number of nitrogens with zero attached hydrogens (tertiary/aromatic N) is 4. The minimum absolute atomic E-state index is 0.349. The molecule has 0 atom stereocenters. The first-order valence-corrected chi connectivity index (χ1v) is 8.40. The van der Waals surface area contributed by atoms with Crippen molar-refractivity contribution in [1.82, 2.24) is 14.6 Å². The number of fused-ring (bicyclic) bond motifs is 2. The molecule has 2 aromatic heterocycles. The molecule has 0 unspecified atom stereocenters. The molecule has 1 aliphatic carbocycles. The fraction of sp³-hybridized carbons (Fsp3) is 0.353. The average molecular weight is 308 g/mol. The van der Waals surface area contributed by atoms with Gasteiger partial charge in [0.15, 0.2) is 5.69 Å². The van der Waals surface area contributed by atoms with Crippen molar-refractivity contribution in [2.45, 2.75) is 39.0 Å². The van der Waals surface area contributed by atoms with Crippen molar-refractivity contribution in [1.29, 1.82) is 5.26 Å². The van der Waals surface area contributed by atoms with Crippen LogP contribution in [0.25, 0.3) is 16.2 Å². The number of imidazole rings is 1. The first-order chi connectivity index (χ1) is 10.7. The Morgan fingerprint density at radius 3 is 2.86 bits per heavy atom. The minimum atomic E-state index is 0.349. The van der Waals surface area contributed by atoms with Crippen molar-refractivity contribution in [3.05, 3.63) is 40.0 Å². The Bertz CT molecular complexity index is 911. The summed E-state index contributed by atoms with van der Waals surface area (Å²) in [4.78, 5) is 5.48. The van der Waals surface area contributed by atoms with Gasteiger partial charge in [0.1, 0.15) is 16.8 Å². The van der Waals surface area contributed by atoms with Gasteiger partial charge in [-0.2, -0.15) is 14.9 Å². The summed E-state index contributed by atoms with van der Waals surface area (Å²) in [7, 11) is 0. The van der Waals surface area contributed by atoms with E-state index >= 15 is 0 Å². The lowest BCUT2D eigenvalue weighted by molar-refractivity contribution is 0.798. The van der Waals surface area contributed by atoms with Crippen molar-refractivity contribution in [2.75, 3.05) is 0 Å². The molecule has 3 aromatic rings. The lowest BCUT2D eigenvalue weighted by Crippen LogP contribution is -1.94. The largest absolute Gasteiger partial charge is 0.216 e. The zero-order valence-corrected chi connectivity index (χ0v) is 13.4. The molecule has 5 heteroatoms. The molecule has 0 radical (unpaired) electrons. The smallest absolute Gasteiger partial charge is 0.214 e. The Morgan fingerprint density at radius 1 is 1.27 bits per heavy atom. The normalized spacial score (nSPS) is 13.7. The molecular formula is C17H16N4S. The quantitative estimate of drug-likeness (QED) is 0.720. The van der Waals surface area contributed by atoms with E-state index < -0.39 is 0 Å². The van der Waals surface area contributed by atoms with Gasteiger partial charge in [-0.05, 0) is 36.5 Å². The molecule has 0 aliphatic heterocycles. The summed E-state index contributed by atoms with van der Waals surface area (Å²) in [6.45, 7) is 4.21. The Labute approximate surface area is 133 Å². The maximum atomic E-state index is 9.56. The molecule has 0 bridgehead atoms. The van der Waals surface area contributed by atoms with Gasteiger partial charge in [-0.25, -0.2) is 4.98 Å². The fourth-order valence-corrected chi connectivity index (χ4v) is 3.92. The van der Waals surface area contributed by atoms with E-state index in [2.05, 4.69) is 48.2 Å². The van der Waals surface area contributed by atoms with Crippen molar-refractivity contribution >= 4 is 16.3 Å². The Hall–Kier alpha value is -2.19. The van der Waals surface area contributed by atoms with Crippen LogP contribution in [0.3, 0.4) is 0 Å². The highest BCUT2D eigenvalue weighted by Crippen LogP contribution is 2.32. The van der Waals surface area contributed by atoms with Gasteiger partial charge in [0.2, 0.25) is 4.96 Å². The summed E-state index contributed by atoms with van der Waals surface area (Å²) in [5.74, 6) is 0.349. The third kappa shape index (κ3) is 1.95. The van der Waals surface area contributed by atoms with E-state index in [0.29, 0.717) is 11.6 Å². The molecule has 0 amide bonds. The zero-order chi connectivity index (χ0) is 15.3. The van der Waals surface area contributed by atoms with Gasteiger partial charge in [0.05, 0.1) is 0 Å². The Morgan fingerprint density at radius 2 is 2.09 bits per heavy atom. The van der Waals surface area contributed by atoms with Crippen LogP contribution in [0.2, 0.25) is 0 Å². The van der Waals surface area contributed by atoms with Gasteiger partial charge in [0, 0.05) is 11.5 Å². The molecule has 1 aliphatic rings. The third-order valence-corrected chi connectivity index (χ3v) is 5.40. The molecule has 0 saturated heterocycles. The van der Waals surface area contributed by atoms with Crippen LogP contribution in [0.1, 0.15) is 48.0 Å². The molecular weight excluding hydrogens is 292 g/mol. The molecule has 4 rings (SSSR count). The molecule has 22 heavy (non-hydrogen) atoms. The second kappa shape index (κ2) is 4.92. The van der Waals surface area contributed by atoms with Crippen LogP contribution in [0.15, 0.2) is 18.2 Å². The van der Waals surface area contributed by atoms with E-state index in [-0.39, 0.29) is 0 Å². The van der Waals surface area contributed by atoms with Crippen molar-refractivity contribution in [3.8, 4) is 17.3 Å². The first kappa shape index (κ1) is 13.5. The molecule has 0 fully saturated rings. The second-order valence-corrected chi connectivity index (χ2v) is 7.03. The molecule has 0 saturated carbocycles. The molecule has 1 aromatic carbocycles.